The average molecular weight is 375 g/mol. The summed E-state index contributed by atoms with van der Waals surface area (Å²) in [7, 11) is -5.51. The van der Waals surface area contributed by atoms with Gasteiger partial charge in [0.2, 0.25) is 16.6 Å². The molecule has 1 aliphatic carbocycles. The first kappa shape index (κ1) is 19.5. The lowest BCUT2D eigenvalue weighted by atomic mass is 10.4. The molecule has 0 aromatic heterocycles. The number of hydrogen-bond acceptors (Lipinski definition) is 2. The molecule has 7 heteroatoms. The molecule has 2 nitrogen and oxygen atoms in total. The molecule has 0 radical (unpaired) electrons. The van der Waals surface area contributed by atoms with Gasteiger partial charge in [-0.25, -0.2) is 0 Å². The van der Waals surface area contributed by atoms with E-state index in [1.807, 2.05) is 0 Å². The minimum atomic E-state index is -1.76. The Morgan fingerprint density at radius 2 is 1.33 bits per heavy atom. The van der Waals surface area contributed by atoms with Gasteiger partial charge < -0.3 is 8.23 Å². The maximum absolute atomic E-state index is 6.42. The van der Waals surface area contributed by atoms with Gasteiger partial charge in [0.15, 0.2) is 0 Å². The second-order valence-electron chi connectivity index (χ2n) is 7.92. The summed E-state index contributed by atoms with van der Waals surface area (Å²) < 4.78 is 12.8. The van der Waals surface area contributed by atoms with Gasteiger partial charge in [-0.15, -0.1) is 0 Å². The van der Waals surface area contributed by atoms with Crippen molar-refractivity contribution in [1.82, 2.24) is 0 Å². The van der Waals surface area contributed by atoms with E-state index in [-0.39, 0.29) is 19.5 Å². The molecule has 1 unspecified atom stereocenters. The Labute approximate surface area is 139 Å². The van der Waals surface area contributed by atoms with Crippen molar-refractivity contribution in [3.05, 3.63) is 22.5 Å². The minimum Gasteiger partial charge on any atom is -0.458 e. The molecule has 0 heterocycles. The molecule has 0 N–H and O–H groups in total. The lowest BCUT2D eigenvalue weighted by Crippen LogP contribution is -2.45. The highest BCUT2D eigenvalue weighted by atomic mass is 28.4. The van der Waals surface area contributed by atoms with Gasteiger partial charge in [0.1, 0.15) is 19.5 Å². The van der Waals surface area contributed by atoms with Gasteiger partial charge in [-0.3, -0.25) is 0 Å². The van der Waals surface area contributed by atoms with Crippen molar-refractivity contribution in [1.29, 1.82) is 0 Å². The largest absolute Gasteiger partial charge is 0.458 e. The van der Waals surface area contributed by atoms with E-state index in [2.05, 4.69) is 71.1 Å². The number of allylic oxidation sites excluding steroid dienone is 4. The number of rotatable bonds is 7. The van der Waals surface area contributed by atoms with Gasteiger partial charge in [-0.2, -0.15) is 0 Å². The fourth-order valence-electron chi connectivity index (χ4n) is 3.37. The molecule has 0 amide bonds. The molecule has 122 valence electrons. The summed E-state index contributed by atoms with van der Waals surface area (Å²) in [6, 6.07) is 0. The Balaban J connectivity index is 3.40. The van der Waals surface area contributed by atoms with Crippen LogP contribution >= 0.6 is 0 Å². The summed E-state index contributed by atoms with van der Waals surface area (Å²) in [4.78, 5) is 0. The summed E-state index contributed by atoms with van der Waals surface area (Å²) in [6.07, 6.45) is 4.91. The van der Waals surface area contributed by atoms with E-state index in [1.54, 1.807) is 10.4 Å². The van der Waals surface area contributed by atoms with Gasteiger partial charge in [0.05, 0.1) is 8.07 Å². The van der Waals surface area contributed by atoms with Crippen molar-refractivity contribution in [3.8, 4) is 0 Å². The SMILES string of the molecule is C[SiH2]O[Si](C)(C)C1=C([Si](C)(C)O[SiH2]C)C([Si](C)(C)C)C=C1. The van der Waals surface area contributed by atoms with E-state index in [0.29, 0.717) is 5.54 Å². The maximum atomic E-state index is 6.42. The van der Waals surface area contributed by atoms with Crippen LogP contribution in [-0.2, 0) is 8.23 Å². The van der Waals surface area contributed by atoms with Crippen molar-refractivity contribution in [2.45, 2.75) is 64.5 Å². The van der Waals surface area contributed by atoms with Gasteiger partial charge >= 0.3 is 0 Å². The summed E-state index contributed by atoms with van der Waals surface area (Å²) in [5, 5.41) is 3.26. The van der Waals surface area contributed by atoms with E-state index < -0.39 is 24.7 Å². The van der Waals surface area contributed by atoms with E-state index >= 15 is 0 Å². The molecule has 0 saturated carbocycles. The molecular formula is C14H34O2Si5. The smallest absolute Gasteiger partial charge is 0.205 e. The van der Waals surface area contributed by atoms with Gasteiger partial charge in [0, 0.05) is 0 Å². The molecule has 0 spiro atoms. The highest BCUT2D eigenvalue weighted by Gasteiger charge is 2.45. The summed E-state index contributed by atoms with van der Waals surface area (Å²) in [6.45, 7) is 21.6. The minimum absolute atomic E-state index is 0.365. The second-order valence-corrected chi connectivity index (χ2v) is 23.9. The van der Waals surface area contributed by atoms with Crippen LogP contribution in [0.3, 0.4) is 0 Å². The van der Waals surface area contributed by atoms with E-state index in [4.69, 9.17) is 8.23 Å². The van der Waals surface area contributed by atoms with Gasteiger partial charge in [0.25, 0.3) is 0 Å². The molecule has 0 fully saturated rings. The van der Waals surface area contributed by atoms with E-state index in [9.17, 15) is 0 Å². The lowest BCUT2D eigenvalue weighted by Gasteiger charge is -2.38. The molecule has 0 bridgehead atoms. The zero-order chi connectivity index (χ0) is 16.5. The average Bonchev–Trinajstić information content (AvgIpc) is 2.73. The Morgan fingerprint density at radius 1 is 0.857 bits per heavy atom. The molecule has 0 aliphatic heterocycles. The normalized spacial score (nSPS) is 21.7. The standard InChI is InChI=1S/C14H34O2Si5/c1-17-15-20(6,7)13-11-10-12(19(3,4)5)14(13)21(8,9)16-18-2/h10-12H,17-18H2,1-9H3. The molecule has 0 saturated heterocycles. The first-order valence-corrected chi connectivity index (χ1v) is 21.6. The van der Waals surface area contributed by atoms with Crippen molar-refractivity contribution in [2.75, 3.05) is 0 Å². The van der Waals surface area contributed by atoms with Gasteiger partial charge in [-0.05, 0) is 36.9 Å². The molecule has 0 aromatic rings. The third-order valence-corrected chi connectivity index (χ3v) is 18.9. The van der Waals surface area contributed by atoms with Crippen LogP contribution in [0.5, 0.6) is 0 Å². The zero-order valence-corrected chi connectivity index (χ0v) is 21.3. The molecule has 0 aromatic carbocycles. The molecule has 1 rings (SSSR count). The Morgan fingerprint density at radius 3 is 1.76 bits per heavy atom. The molecule has 1 atom stereocenters. The topological polar surface area (TPSA) is 18.5 Å². The quantitative estimate of drug-likeness (QED) is 0.636. The van der Waals surface area contributed by atoms with Crippen LogP contribution in [0.4, 0.5) is 0 Å². The van der Waals surface area contributed by atoms with Crippen LogP contribution < -0.4 is 0 Å². The summed E-state index contributed by atoms with van der Waals surface area (Å²) >= 11 is 0. The van der Waals surface area contributed by atoms with Crippen LogP contribution in [0.25, 0.3) is 0 Å². The fraction of sp³-hybridized carbons (Fsp3) is 0.714. The highest BCUT2D eigenvalue weighted by Crippen LogP contribution is 2.45. The van der Waals surface area contributed by atoms with Crippen LogP contribution in [-0.4, -0.2) is 44.2 Å². The summed E-state index contributed by atoms with van der Waals surface area (Å²) in [5.74, 6) is 0. The van der Waals surface area contributed by atoms with Crippen LogP contribution in [0.2, 0.25) is 64.5 Å². The second kappa shape index (κ2) is 6.94. The Bertz CT molecular complexity index is 435. The van der Waals surface area contributed by atoms with Crippen LogP contribution in [0, 0.1) is 0 Å². The fourth-order valence-corrected chi connectivity index (χ4v) is 19.3. The monoisotopic (exact) mass is 374 g/mol. The predicted molar refractivity (Wildman–Crippen MR) is 109 cm³/mol. The van der Waals surface area contributed by atoms with Crippen molar-refractivity contribution < 1.29 is 8.23 Å². The van der Waals surface area contributed by atoms with Crippen molar-refractivity contribution in [3.63, 3.8) is 0 Å². The zero-order valence-electron chi connectivity index (χ0n) is 15.5. The Hall–Kier alpha value is 0.484. The first-order chi connectivity index (χ1) is 9.47. The van der Waals surface area contributed by atoms with Crippen LogP contribution in [0.1, 0.15) is 0 Å². The van der Waals surface area contributed by atoms with Crippen molar-refractivity contribution >= 4 is 44.2 Å². The molecular weight excluding hydrogens is 341 g/mol. The Kier molecular flexibility index (Phi) is 6.45. The third-order valence-electron chi connectivity index (χ3n) is 4.30. The maximum Gasteiger partial charge on any atom is 0.205 e. The highest BCUT2D eigenvalue weighted by molar-refractivity contribution is 6.91. The van der Waals surface area contributed by atoms with E-state index in [1.165, 1.54) is 0 Å². The summed E-state index contributed by atoms with van der Waals surface area (Å²) in [5.41, 5.74) is 0.656. The van der Waals surface area contributed by atoms with Crippen LogP contribution in [0.15, 0.2) is 22.5 Å². The first-order valence-electron chi connectivity index (χ1n) is 8.18. The lowest BCUT2D eigenvalue weighted by molar-refractivity contribution is 0.596. The van der Waals surface area contributed by atoms with Crippen molar-refractivity contribution in [2.24, 2.45) is 0 Å². The molecule has 1 aliphatic rings. The van der Waals surface area contributed by atoms with Gasteiger partial charge in [-0.1, -0.05) is 50.1 Å². The predicted octanol–water partition coefficient (Wildman–Crippen LogP) is 3.35. The van der Waals surface area contributed by atoms with E-state index in [0.717, 1.165) is 0 Å². The molecule has 21 heavy (non-hydrogen) atoms. The third kappa shape index (κ3) is 4.49. The number of hydrogen-bond donors (Lipinski definition) is 0.